The summed E-state index contributed by atoms with van der Waals surface area (Å²) in [6.45, 7) is 2.46. The van der Waals surface area contributed by atoms with E-state index in [0.29, 0.717) is 34.9 Å². The standard InChI is InChI=1S/C23H23N3O4S2/c1-3-30-17-9-6-8-16(14-17)21-15-20(24-26(21)23(27)22-12-7-13-31-22)18-10-4-5-11-19(18)25-32(2,28)29/h4-14,21,25H,3,15H2,1-2H3/t21-/m1/s1. The van der Waals surface area contributed by atoms with Gasteiger partial charge in [-0.1, -0.05) is 36.4 Å². The maximum atomic E-state index is 13.3. The van der Waals surface area contributed by atoms with E-state index in [9.17, 15) is 13.2 Å². The van der Waals surface area contributed by atoms with E-state index in [-0.39, 0.29) is 11.9 Å². The molecule has 0 bridgehead atoms. The largest absolute Gasteiger partial charge is 0.494 e. The van der Waals surface area contributed by atoms with Crippen molar-refractivity contribution < 1.29 is 17.9 Å². The van der Waals surface area contributed by atoms with Gasteiger partial charge in [-0.2, -0.15) is 5.10 Å². The molecule has 32 heavy (non-hydrogen) atoms. The second-order valence-electron chi connectivity index (χ2n) is 7.32. The Morgan fingerprint density at radius 2 is 2.00 bits per heavy atom. The fourth-order valence-electron chi connectivity index (χ4n) is 3.63. The lowest BCUT2D eigenvalue weighted by atomic mass is 9.97. The van der Waals surface area contributed by atoms with Crippen molar-refractivity contribution in [1.29, 1.82) is 0 Å². The molecule has 0 unspecified atom stereocenters. The number of carbonyl (C=O) groups excluding carboxylic acids is 1. The number of sulfonamides is 1. The first-order valence-electron chi connectivity index (χ1n) is 10.1. The van der Waals surface area contributed by atoms with E-state index in [1.807, 2.05) is 48.7 Å². The Morgan fingerprint density at radius 3 is 2.72 bits per heavy atom. The molecule has 0 spiro atoms. The number of carbonyl (C=O) groups is 1. The van der Waals surface area contributed by atoms with Crippen LogP contribution in [0, 0.1) is 0 Å². The molecule has 0 fully saturated rings. The van der Waals surface area contributed by atoms with Gasteiger partial charge in [0.15, 0.2) is 0 Å². The quantitative estimate of drug-likeness (QED) is 0.551. The summed E-state index contributed by atoms with van der Waals surface area (Å²) in [7, 11) is -3.47. The van der Waals surface area contributed by atoms with Gasteiger partial charge in [0.2, 0.25) is 10.0 Å². The molecule has 0 aliphatic carbocycles. The number of nitrogens with zero attached hydrogens (tertiary/aromatic N) is 2. The number of anilines is 1. The summed E-state index contributed by atoms with van der Waals surface area (Å²) in [6, 6.07) is 18.0. The summed E-state index contributed by atoms with van der Waals surface area (Å²) < 4.78 is 31.9. The number of amides is 1. The van der Waals surface area contributed by atoms with Gasteiger partial charge in [0, 0.05) is 12.0 Å². The molecular formula is C23H23N3O4S2. The molecule has 7 nitrogen and oxygen atoms in total. The number of benzene rings is 2. The number of hydrogen-bond donors (Lipinski definition) is 1. The number of ether oxygens (including phenoxy) is 1. The van der Waals surface area contributed by atoms with E-state index >= 15 is 0 Å². The lowest BCUT2D eigenvalue weighted by Crippen LogP contribution is -2.26. The molecule has 0 radical (unpaired) electrons. The summed E-state index contributed by atoms with van der Waals surface area (Å²) in [5.74, 6) is 0.525. The van der Waals surface area contributed by atoms with Crippen molar-refractivity contribution in [3.63, 3.8) is 0 Å². The third kappa shape index (κ3) is 4.84. The fraction of sp³-hybridized carbons (Fsp3) is 0.217. The van der Waals surface area contributed by atoms with Crippen molar-refractivity contribution >= 4 is 38.7 Å². The second kappa shape index (κ2) is 9.13. The molecule has 4 rings (SSSR count). The zero-order chi connectivity index (χ0) is 22.7. The van der Waals surface area contributed by atoms with Crippen LogP contribution in [0.1, 0.15) is 40.2 Å². The van der Waals surface area contributed by atoms with Crippen LogP contribution in [0.25, 0.3) is 0 Å². The van der Waals surface area contributed by atoms with Crippen molar-refractivity contribution in [3.05, 3.63) is 82.0 Å². The third-order valence-corrected chi connectivity index (χ3v) is 6.39. The highest BCUT2D eigenvalue weighted by molar-refractivity contribution is 7.92. The summed E-state index contributed by atoms with van der Waals surface area (Å²) in [5, 5.41) is 8.01. The van der Waals surface area contributed by atoms with Gasteiger partial charge < -0.3 is 4.74 Å². The van der Waals surface area contributed by atoms with E-state index in [0.717, 1.165) is 17.6 Å². The number of para-hydroxylation sites is 1. The molecule has 1 aliphatic heterocycles. The Bertz CT molecular complexity index is 1250. The smallest absolute Gasteiger partial charge is 0.284 e. The monoisotopic (exact) mass is 469 g/mol. The van der Waals surface area contributed by atoms with Gasteiger partial charge in [-0.25, -0.2) is 13.4 Å². The zero-order valence-corrected chi connectivity index (χ0v) is 19.3. The highest BCUT2D eigenvalue weighted by Gasteiger charge is 2.35. The highest BCUT2D eigenvalue weighted by atomic mass is 32.2. The molecule has 2 heterocycles. The van der Waals surface area contributed by atoms with Crippen LogP contribution in [0.4, 0.5) is 5.69 Å². The lowest BCUT2D eigenvalue weighted by Gasteiger charge is -2.22. The van der Waals surface area contributed by atoms with Gasteiger partial charge in [0.1, 0.15) is 5.75 Å². The van der Waals surface area contributed by atoms with Crippen molar-refractivity contribution in [2.45, 2.75) is 19.4 Å². The van der Waals surface area contributed by atoms with Crippen LogP contribution in [0.15, 0.2) is 71.1 Å². The average molecular weight is 470 g/mol. The van der Waals surface area contributed by atoms with Gasteiger partial charge in [0.25, 0.3) is 5.91 Å². The van der Waals surface area contributed by atoms with Crippen LogP contribution >= 0.6 is 11.3 Å². The maximum Gasteiger partial charge on any atom is 0.284 e. The maximum absolute atomic E-state index is 13.3. The van der Waals surface area contributed by atoms with E-state index in [1.54, 1.807) is 24.3 Å². The molecule has 1 aliphatic rings. The van der Waals surface area contributed by atoms with Gasteiger partial charge in [-0.15, -0.1) is 11.3 Å². The van der Waals surface area contributed by atoms with Crippen molar-refractivity contribution in [2.75, 3.05) is 17.6 Å². The Hall–Kier alpha value is -3.17. The van der Waals surface area contributed by atoms with Gasteiger partial charge >= 0.3 is 0 Å². The first-order chi connectivity index (χ1) is 15.4. The van der Waals surface area contributed by atoms with Crippen LogP contribution in [0.5, 0.6) is 5.75 Å². The molecular weight excluding hydrogens is 446 g/mol. The molecule has 2 aromatic carbocycles. The number of rotatable bonds is 7. The Labute approximate surface area is 191 Å². The summed E-state index contributed by atoms with van der Waals surface area (Å²) in [4.78, 5) is 13.9. The summed E-state index contributed by atoms with van der Waals surface area (Å²) in [6.07, 6.45) is 1.55. The molecule has 1 amide bonds. The number of nitrogens with one attached hydrogen (secondary N) is 1. The van der Waals surface area contributed by atoms with E-state index in [2.05, 4.69) is 9.82 Å². The zero-order valence-electron chi connectivity index (χ0n) is 17.7. The van der Waals surface area contributed by atoms with Crippen LogP contribution < -0.4 is 9.46 Å². The van der Waals surface area contributed by atoms with E-state index in [4.69, 9.17) is 4.74 Å². The van der Waals surface area contributed by atoms with Crippen molar-refractivity contribution in [1.82, 2.24) is 5.01 Å². The van der Waals surface area contributed by atoms with Crippen LogP contribution in [0.3, 0.4) is 0 Å². The molecule has 0 saturated heterocycles. The predicted octanol–water partition coefficient (Wildman–Crippen LogP) is 4.51. The predicted molar refractivity (Wildman–Crippen MR) is 127 cm³/mol. The molecule has 1 aromatic heterocycles. The average Bonchev–Trinajstić information content (AvgIpc) is 3.44. The molecule has 1 N–H and O–H groups in total. The van der Waals surface area contributed by atoms with Gasteiger partial charge in [-0.05, 0) is 42.1 Å². The van der Waals surface area contributed by atoms with E-state index < -0.39 is 10.0 Å². The molecule has 3 aromatic rings. The molecule has 0 saturated carbocycles. The van der Waals surface area contributed by atoms with Crippen LogP contribution in [-0.2, 0) is 10.0 Å². The first-order valence-corrected chi connectivity index (χ1v) is 12.9. The normalized spacial score (nSPS) is 16.0. The lowest BCUT2D eigenvalue weighted by molar-refractivity contribution is 0.0716. The van der Waals surface area contributed by atoms with Crippen LogP contribution in [0.2, 0.25) is 0 Å². The summed E-state index contributed by atoms with van der Waals surface area (Å²) >= 11 is 1.36. The summed E-state index contributed by atoms with van der Waals surface area (Å²) in [5.41, 5.74) is 2.60. The molecule has 9 heteroatoms. The second-order valence-corrected chi connectivity index (χ2v) is 10.0. The third-order valence-electron chi connectivity index (χ3n) is 4.94. The van der Waals surface area contributed by atoms with Crippen molar-refractivity contribution in [2.24, 2.45) is 5.10 Å². The van der Waals surface area contributed by atoms with Crippen LogP contribution in [-0.4, -0.2) is 37.9 Å². The number of hydrogen-bond acceptors (Lipinski definition) is 6. The topological polar surface area (TPSA) is 88.1 Å². The Kier molecular flexibility index (Phi) is 6.29. The Balaban J connectivity index is 1.75. The number of thiophene rings is 1. The first kappa shape index (κ1) is 22.0. The van der Waals surface area contributed by atoms with Gasteiger partial charge in [-0.3, -0.25) is 9.52 Å². The van der Waals surface area contributed by atoms with Gasteiger partial charge in [0.05, 0.1) is 35.2 Å². The minimum absolute atomic E-state index is 0.199. The Morgan fingerprint density at radius 1 is 1.19 bits per heavy atom. The minimum Gasteiger partial charge on any atom is -0.494 e. The minimum atomic E-state index is -3.47. The van der Waals surface area contributed by atoms with Crippen molar-refractivity contribution in [3.8, 4) is 5.75 Å². The molecule has 166 valence electrons. The highest BCUT2D eigenvalue weighted by Crippen LogP contribution is 2.37. The molecule has 1 atom stereocenters. The number of hydrazone groups is 1. The SMILES string of the molecule is CCOc1cccc([C@H]2CC(c3ccccc3NS(C)(=O)=O)=NN2C(=O)c2cccs2)c1. The van der Waals surface area contributed by atoms with E-state index in [1.165, 1.54) is 16.3 Å². The fourth-order valence-corrected chi connectivity index (χ4v) is 4.87.